The number of fused-ring (bicyclic) bond motifs is 1. The van der Waals surface area contributed by atoms with Gasteiger partial charge in [-0.2, -0.15) is 0 Å². The van der Waals surface area contributed by atoms with Crippen LogP contribution in [0.1, 0.15) is 12.8 Å². The molecule has 0 aliphatic carbocycles. The standard InChI is InChI=1S/C16H16N6O/c17-13(23)12-2-1-9-22(12)16-11-5-8-19-15(11)20-14(21-16)10-3-6-18-7-4-10/h3-8,12H,1-2,9H2,(H2,17,23)(H,19,20,21). The molecule has 7 nitrogen and oxygen atoms in total. The first kappa shape index (κ1) is 13.7. The van der Waals surface area contributed by atoms with Crippen molar-refractivity contribution in [2.45, 2.75) is 18.9 Å². The van der Waals surface area contributed by atoms with Crippen LogP contribution >= 0.6 is 0 Å². The number of pyridine rings is 1. The molecule has 1 atom stereocenters. The molecule has 1 aliphatic heterocycles. The molecule has 1 unspecified atom stereocenters. The van der Waals surface area contributed by atoms with Gasteiger partial charge < -0.3 is 15.6 Å². The second kappa shape index (κ2) is 5.35. The Balaban J connectivity index is 1.88. The van der Waals surface area contributed by atoms with E-state index >= 15 is 0 Å². The van der Waals surface area contributed by atoms with Gasteiger partial charge in [-0.05, 0) is 31.0 Å². The number of carbonyl (C=O) groups is 1. The fourth-order valence-electron chi connectivity index (χ4n) is 3.09. The van der Waals surface area contributed by atoms with Crippen LogP contribution in [-0.2, 0) is 4.79 Å². The summed E-state index contributed by atoms with van der Waals surface area (Å²) in [5.41, 5.74) is 7.18. The summed E-state index contributed by atoms with van der Waals surface area (Å²) in [6.45, 7) is 0.765. The van der Waals surface area contributed by atoms with E-state index in [4.69, 9.17) is 10.7 Å². The highest BCUT2D eigenvalue weighted by Crippen LogP contribution is 2.31. The second-order valence-corrected chi connectivity index (χ2v) is 5.60. The van der Waals surface area contributed by atoms with Crippen molar-refractivity contribution < 1.29 is 4.79 Å². The zero-order valence-electron chi connectivity index (χ0n) is 12.4. The van der Waals surface area contributed by atoms with Crippen LogP contribution in [0.2, 0.25) is 0 Å². The number of primary amides is 1. The Hall–Kier alpha value is -2.96. The van der Waals surface area contributed by atoms with Gasteiger partial charge in [0.25, 0.3) is 0 Å². The minimum Gasteiger partial charge on any atom is -0.368 e. The molecule has 3 aromatic rings. The minimum absolute atomic E-state index is 0.310. The topological polar surface area (TPSA) is 101 Å². The Morgan fingerprint density at radius 3 is 2.87 bits per heavy atom. The Kier molecular flexibility index (Phi) is 3.18. The summed E-state index contributed by atoms with van der Waals surface area (Å²) in [4.78, 5) is 30.2. The van der Waals surface area contributed by atoms with Crippen LogP contribution in [0.3, 0.4) is 0 Å². The molecule has 7 heteroatoms. The first-order chi connectivity index (χ1) is 11.2. The average Bonchev–Trinajstić information content (AvgIpc) is 3.23. The van der Waals surface area contributed by atoms with Gasteiger partial charge in [-0.15, -0.1) is 0 Å². The van der Waals surface area contributed by atoms with Gasteiger partial charge in [-0.1, -0.05) is 0 Å². The Labute approximate surface area is 132 Å². The van der Waals surface area contributed by atoms with Crippen molar-refractivity contribution >= 4 is 22.8 Å². The highest BCUT2D eigenvalue weighted by atomic mass is 16.1. The quantitative estimate of drug-likeness (QED) is 0.763. The van der Waals surface area contributed by atoms with Crippen LogP contribution < -0.4 is 10.6 Å². The van der Waals surface area contributed by atoms with Crippen LogP contribution in [0, 0.1) is 0 Å². The van der Waals surface area contributed by atoms with Crippen molar-refractivity contribution in [2.75, 3.05) is 11.4 Å². The lowest BCUT2D eigenvalue weighted by atomic mass is 10.2. The van der Waals surface area contributed by atoms with E-state index in [1.54, 1.807) is 12.4 Å². The fraction of sp³-hybridized carbons (Fsp3) is 0.250. The van der Waals surface area contributed by atoms with Crippen molar-refractivity contribution in [1.82, 2.24) is 19.9 Å². The number of aromatic amines is 1. The molecule has 23 heavy (non-hydrogen) atoms. The van der Waals surface area contributed by atoms with E-state index in [2.05, 4.69) is 15.0 Å². The molecule has 3 N–H and O–H groups in total. The third kappa shape index (κ3) is 2.30. The lowest BCUT2D eigenvalue weighted by molar-refractivity contribution is -0.119. The maximum atomic E-state index is 11.7. The van der Waals surface area contributed by atoms with Gasteiger partial charge in [0.15, 0.2) is 5.82 Å². The third-order valence-electron chi connectivity index (χ3n) is 4.19. The van der Waals surface area contributed by atoms with Crippen LogP contribution in [0.5, 0.6) is 0 Å². The van der Waals surface area contributed by atoms with Crippen LogP contribution in [-0.4, -0.2) is 38.4 Å². The summed E-state index contributed by atoms with van der Waals surface area (Å²) in [6, 6.07) is 5.35. The lowest BCUT2D eigenvalue weighted by Crippen LogP contribution is -2.40. The first-order valence-corrected chi connectivity index (χ1v) is 7.55. The molecule has 0 aromatic carbocycles. The largest absolute Gasteiger partial charge is 0.368 e. The molecule has 0 spiro atoms. The van der Waals surface area contributed by atoms with Crippen molar-refractivity contribution in [3.05, 3.63) is 36.8 Å². The molecule has 1 fully saturated rings. The number of H-pyrrole nitrogens is 1. The van der Waals surface area contributed by atoms with Crippen LogP contribution in [0.4, 0.5) is 5.82 Å². The summed E-state index contributed by atoms with van der Waals surface area (Å²) < 4.78 is 0. The molecule has 0 saturated carbocycles. The van der Waals surface area contributed by atoms with Gasteiger partial charge in [0, 0.05) is 30.7 Å². The number of amides is 1. The number of hydrogen-bond donors (Lipinski definition) is 2. The molecule has 0 radical (unpaired) electrons. The van der Waals surface area contributed by atoms with Gasteiger partial charge in [-0.25, -0.2) is 9.97 Å². The number of nitrogens with two attached hydrogens (primary N) is 1. The molecular formula is C16H16N6O. The number of anilines is 1. The molecule has 1 amide bonds. The number of hydrogen-bond acceptors (Lipinski definition) is 5. The normalized spacial score (nSPS) is 17.7. The molecular weight excluding hydrogens is 292 g/mol. The smallest absolute Gasteiger partial charge is 0.240 e. The van der Waals surface area contributed by atoms with Gasteiger partial charge in [-0.3, -0.25) is 9.78 Å². The van der Waals surface area contributed by atoms with Gasteiger partial charge in [0.2, 0.25) is 5.91 Å². The highest BCUT2D eigenvalue weighted by Gasteiger charge is 2.31. The Morgan fingerprint density at radius 1 is 1.26 bits per heavy atom. The molecule has 116 valence electrons. The molecule has 3 aromatic heterocycles. The monoisotopic (exact) mass is 308 g/mol. The molecule has 4 heterocycles. The summed E-state index contributed by atoms with van der Waals surface area (Å²) in [5.74, 6) is 1.05. The van der Waals surface area contributed by atoms with E-state index in [9.17, 15) is 4.79 Å². The van der Waals surface area contributed by atoms with Crippen molar-refractivity contribution in [3.63, 3.8) is 0 Å². The third-order valence-corrected chi connectivity index (χ3v) is 4.19. The van der Waals surface area contributed by atoms with E-state index in [1.807, 2.05) is 29.3 Å². The lowest BCUT2D eigenvalue weighted by Gasteiger charge is -2.24. The fourth-order valence-corrected chi connectivity index (χ4v) is 3.09. The van der Waals surface area contributed by atoms with Gasteiger partial charge in [0.1, 0.15) is 17.5 Å². The number of carbonyl (C=O) groups excluding carboxylic acids is 1. The maximum Gasteiger partial charge on any atom is 0.240 e. The second-order valence-electron chi connectivity index (χ2n) is 5.60. The van der Waals surface area contributed by atoms with E-state index < -0.39 is 0 Å². The number of nitrogens with one attached hydrogen (secondary N) is 1. The molecule has 1 saturated heterocycles. The summed E-state index contributed by atoms with van der Waals surface area (Å²) in [6.07, 6.45) is 6.93. The van der Waals surface area contributed by atoms with Gasteiger partial charge in [0.05, 0.1) is 5.39 Å². The summed E-state index contributed by atoms with van der Waals surface area (Å²) in [7, 11) is 0. The van der Waals surface area contributed by atoms with Gasteiger partial charge >= 0.3 is 0 Å². The minimum atomic E-state index is -0.312. The van der Waals surface area contributed by atoms with Crippen molar-refractivity contribution in [2.24, 2.45) is 5.73 Å². The first-order valence-electron chi connectivity index (χ1n) is 7.55. The predicted molar refractivity (Wildman–Crippen MR) is 86.7 cm³/mol. The van der Waals surface area contributed by atoms with Crippen molar-refractivity contribution in [1.29, 1.82) is 0 Å². The van der Waals surface area contributed by atoms with E-state index in [0.717, 1.165) is 41.8 Å². The zero-order valence-corrected chi connectivity index (χ0v) is 12.4. The number of aromatic nitrogens is 4. The number of nitrogens with zero attached hydrogens (tertiary/aromatic N) is 4. The zero-order chi connectivity index (χ0) is 15.8. The SMILES string of the molecule is NC(=O)C1CCCN1c1nc(-c2ccncc2)nc2[nH]ccc12. The average molecular weight is 308 g/mol. The predicted octanol–water partition coefficient (Wildman–Crippen LogP) is 1.47. The Bertz CT molecular complexity index is 859. The van der Waals surface area contributed by atoms with Crippen LogP contribution in [0.15, 0.2) is 36.8 Å². The number of rotatable bonds is 3. The van der Waals surface area contributed by atoms with Crippen LogP contribution in [0.25, 0.3) is 22.4 Å². The summed E-state index contributed by atoms with van der Waals surface area (Å²) >= 11 is 0. The van der Waals surface area contributed by atoms with E-state index in [0.29, 0.717) is 5.82 Å². The van der Waals surface area contributed by atoms with E-state index in [1.165, 1.54) is 0 Å². The Morgan fingerprint density at radius 2 is 2.09 bits per heavy atom. The molecule has 4 rings (SSSR count). The highest BCUT2D eigenvalue weighted by molar-refractivity contribution is 5.92. The maximum absolute atomic E-state index is 11.7. The van der Waals surface area contributed by atoms with Crippen molar-refractivity contribution in [3.8, 4) is 11.4 Å². The molecule has 0 bridgehead atoms. The summed E-state index contributed by atoms with van der Waals surface area (Å²) in [5, 5.41) is 0.899. The molecule has 1 aliphatic rings. The van der Waals surface area contributed by atoms with E-state index in [-0.39, 0.29) is 11.9 Å².